The first-order valence-electron chi connectivity index (χ1n) is 6.91. The molecule has 1 aromatic carbocycles. The lowest BCUT2D eigenvalue weighted by molar-refractivity contribution is 0.00578. The average Bonchev–Trinajstić information content (AvgIpc) is 2.48. The Balaban J connectivity index is 2.34. The SMILES string of the molecule is CCCc1cc(F)ccc1B1OC(C)(C)C(C)(C)O1. The minimum absolute atomic E-state index is 0.205. The summed E-state index contributed by atoms with van der Waals surface area (Å²) in [6.07, 6.45) is 1.80. The minimum atomic E-state index is -0.410. The fourth-order valence-corrected chi connectivity index (χ4v) is 2.26. The van der Waals surface area contributed by atoms with E-state index in [1.165, 1.54) is 6.07 Å². The number of halogens is 1. The molecule has 1 aliphatic rings. The molecule has 4 heteroatoms. The Labute approximate surface area is 115 Å². The van der Waals surface area contributed by atoms with Gasteiger partial charge in [-0.15, -0.1) is 0 Å². The van der Waals surface area contributed by atoms with Gasteiger partial charge in [0.05, 0.1) is 11.2 Å². The first-order chi connectivity index (χ1) is 8.77. The molecule has 0 bridgehead atoms. The summed E-state index contributed by atoms with van der Waals surface area (Å²) >= 11 is 0. The predicted octanol–water partition coefficient (Wildman–Crippen LogP) is 3.08. The van der Waals surface area contributed by atoms with Crippen LogP contribution in [0.2, 0.25) is 0 Å². The zero-order valence-electron chi connectivity index (χ0n) is 12.4. The van der Waals surface area contributed by atoms with E-state index in [4.69, 9.17) is 9.31 Å². The molecule has 0 amide bonds. The van der Waals surface area contributed by atoms with Crippen molar-refractivity contribution >= 4 is 12.6 Å². The van der Waals surface area contributed by atoms with Gasteiger partial charge in [-0.2, -0.15) is 0 Å². The van der Waals surface area contributed by atoms with Gasteiger partial charge in [0.25, 0.3) is 0 Å². The summed E-state index contributed by atoms with van der Waals surface area (Å²) in [5.74, 6) is -0.205. The van der Waals surface area contributed by atoms with Gasteiger partial charge in [-0.05, 0) is 57.3 Å². The van der Waals surface area contributed by atoms with Crippen molar-refractivity contribution in [2.75, 3.05) is 0 Å². The van der Waals surface area contributed by atoms with Crippen LogP contribution in [0.5, 0.6) is 0 Å². The van der Waals surface area contributed by atoms with Crippen LogP contribution in [0, 0.1) is 5.82 Å². The second-order valence-electron chi connectivity index (χ2n) is 6.18. The Kier molecular flexibility index (Phi) is 3.76. The molecule has 0 atom stereocenters. The number of aryl methyl sites for hydroxylation is 1. The van der Waals surface area contributed by atoms with Gasteiger partial charge in [0.2, 0.25) is 0 Å². The Morgan fingerprint density at radius 2 is 1.68 bits per heavy atom. The Bertz CT molecular complexity index is 455. The second kappa shape index (κ2) is 4.91. The molecule has 0 saturated carbocycles. The molecule has 1 aromatic rings. The van der Waals surface area contributed by atoms with Gasteiger partial charge in [0.1, 0.15) is 5.82 Å². The van der Waals surface area contributed by atoms with Crippen LogP contribution in [-0.2, 0) is 15.7 Å². The van der Waals surface area contributed by atoms with Crippen molar-refractivity contribution in [2.45, 2.75) is 58.7 Å². The molecular formula is C15H22BFO2. The number of benzene rings is 1. The van der Waals surface area contributed by atoms with Crippen LogP contribution in [0.4, 0.5) is 4.39 Å². The summed E-state index contributed by atoms with van der Waals surface area (Å²) in [5, 5.41) is 0. The quantitative estimate of drug-likeness (QED) is 0.781. The van der Waals surface area contributed by atoms with Gasteiger partial charge in [-0.3, -0.25) is 0 Å². The molecule has 2 nitrogen and oxygen atoms in total. The fraction of sp³-hybridized carbons (Fsp3) is 0.600. The smallest absolute Gasteiger partial charge is 0.399 e. The lowest BCUT2D eigenvalue weighted by Crippen LogP contribution is -2.41. The standard InChI is InChI=1S/C15H22BFO2/c1-6-7-11-10-12(17)8-9-13(11)16-18-14(2,3)15(4,5)19-16/h8-10H,6-7H2,1-5H3. The Morgan fingerprint density at radius 1 is 1.11 bits per heavy atom. The first-order valence-corrected chi connectivity index (χ1v) is 6.91. The summed E-state index contributed by atoms with van der Waals surface area (Å²) < 4.78 is 25.4. The molecule has 104 valence electrons. The van der Waals surface area contributed by atoms with Gasteiger partial charge in [-0.25, -0.2) is 4.39 Å². The van der Waals surface area contributed by atoms with Crippen molar-refractivity contribution in [3.8, 4) is 0 Å². The van der Waals surface area contributed by atoms with Crippen molar-refractivity contribution in [3.63, 3.8) is 0 Å². The third-order valence-corrected chi connectivity index (χ3v) is 4.13. The Hall–Kier alpha value is -0.865. The van der Waals surface area contributed by atoms with Gasteiger partial charge in [0, 0.05) is 0 Å². The van der Waals surface area contributed by atoms with Gasteiger partial charge in [0.15, 0.2) is 0 Å². The van der Waals surface area contributed by atoms with E-state index in [-0.39, 0.29) is 17.0 Å². The summed E-state index contributed by atoms with van der Waals surface area (Å²) in [4.78, 5) is 0. The largest absolute Gasteiger partial charge is 0.495 e. The van der Waals surface area contributed by atoms with Crippen molar-refractivity contribution in [3.05, 3.63) is 29.6 Å². The zero-order valence-corrected chi connectivity index (χ0v) is 12.4. The highest BCUT2D eigenvalue weighted by Crippen LogP contribution is 2.36. The van der Waals surface area contributed by atoms with Gasteiger partial charge >= 0.3 is 7.12 Å². The molecule has 1 heterocycles. The van der Waals surface area contributed by atoms with E-state index in [0.717, 1.165) is 23.9 Å². The van der Waals surface area contributed by atoms with E-state index in [1.807, 2.05) is 27.7 Å². The van der Waals surface area contributed by atoms with Gasteiger partial charge < -0.3 is 9.31 Å². The summed E-state index contributed by atoms with van der Waals surface area (Å²) in [6, 6.07) is 4.84. The van der Waals surface area contributed by atoms with Crippen LogP contribution in [-0.4, -0.2) is 18.3 Å². The molecule has 0 aromatic heterocycles. The number of hydrogen-bond donors (Lipinski definition) is 0. The maximum absolute atomic E-state index is 13.4. The van der Waals surface area contributed by atoms with Crippen molar-refractivity contribution in [1.82, 2.24) is 0 Å². The van der Waals surface area contributed by atoms with E-state index >= 15 is 0 Å². The molecule has 0 spiro atoms. The highest BCUT2D eigenvalue weighted by atomic mass is 19.1. The molecule has 0 radical (unpaired) electrons. The fourth-order valence-electron chi connectivity index (χ4n) is 2.26. The van der Waals surface area contributed by atoms with Gasteiger partial charge in [-0.1, -0.05) is 19.4 Å². The molecule has 1 aliphatic heterocycles. The lowest BCUT2D eigenvalue weighted by Gasteiger charge is -2.32. The maximum atomic E-state index is 13.4. The molecule has 0 N–H and O–H groups in total. The molecule has 0 unspecified atom stereocenters. The van der Waals surface area contributed by atoms with E-state index < -0.39 is 7.12 Å². The van der Waals surface area contributed by atoms with Crippen molar-refractivity contribution in [2.24, 2.45) is 0 Å². The van der Waals surface area contributed by atoms with Crippen LogP contribution < -0.4 is 5.46 Å². The molecule has 19 heavy (non-hydrogen) atoms. The monoisotopic (exact) mass is 264 g/mol. The second-order valence-corrected chi connectivity index (χ2v) is 6.18. The highest BCUT2D eigenvalue weighted by Gasteiger charge is 2.52. The van der Waals surface area contributed by atoms with Crippen LogP contribution in [0.3, 0.4) is 0 Å². The molecule has 1 saturated heterocycles. The van der Waals surface area contributed by atoms with Crippen LogP contribution in [0.15, 0.2) is 18.2 Å². The Morgan fingerprint density at radius 3 is 2.21 bits per heavy atom. The highest BCUT2D eigenvalue weighted by molar-refractivity contribution is 6.62. The van der Waals surface area contributed by atoms with E-state index in [1.54, 1.807) is 12.1 Å². The number of rotatable bonds is 3. The summed E-state index contributed by atoms with van der Waals surface area (Å²) in [7, 11) is -0.410. The van der Waals surface area contributed by atoms with E-state index in [0.29, 0.717) is 0 Å². The number of hydrogen-bond acceptors (Lipinski definition) is 2. The third-order valence-electron chi connectivity index (χ3n) is 4.13. The van der Waals surface area contributed by atoms with E-state index in [9.17, 15) is 4.39 Å². The molecular weight excluding hydrogens is 242 g/mol. The zero-order chi connectivity index (χ0) is 14.3. The first kappa shape index (κ1) is 14.5. The predicted molar refractivity (Wildman–Crippen MR) is 76.1 cm³/mol. The van der Waals surface area contributed by atoms with E-state index in [2.05, 4.69) is 6.92 Å². The average molecular weight is 264 g/mol. The van der Waals surface area contributed by atoms with Crippen LogP contribution >= 0.6 is 0 Å². The minimum Gasteiger partial charge on any atom is -0.399 e. The topological polar surface area (TPSA) is 18.5 Å². The van der Waals surface area contributed by atoms with Crippen molar-refractivity contribution < 1.29 is 13.7 Å². The lowest BCUT2D eigenvalue weighted by atomic mass is 9.75. The summed E-state index contributed by atoms with van der Waals surface area (Å²) in [6.45, 7) is 10.2. The third kappa shape index (κ3) is 2.70. The molecule has 2 rings (SSSR count). The van der Waals surface area contributed by atoms with Crippen LogP contribution in [0.25, 0.3) is 0 Å². The maximum Gasteiger partial charge on any atom is 0.495 e. The van der Waals surface area contributed by atoms with Crippen LogP contribution in [0.1, 0.15) is 46.6 Å². The molecule has 0 aliphatic carbocycles. The molecule has 1 fully saturated rings. The normalized spacial score (nSPS) is 20.8. The van der Waals surface area contributed by atoms with Crippen molar-refractivity contribution in [1.29, 1.82) is 0 Å². The summed E-state index contributed by atoms with van der Waals surface area (Å²) in [5.41, 5.74) is 1.19.